The van der Waals surface area contributed by atoms with Crippen LogP contribution in [0.1, 0.15) is 15.9 Å². The van der Waals surface area contributed by atoms with Crippen LogP contribution in [-0.4, -0.2) is 29.9 Å². The fraction of sp³-hybridized carbons (Fsp3) is 0.133. The molecule has 0 aliphatic rings. The predicted molar refractivity (Wildman–Crippen MR) is 77.7 cm³/mol. The van der Waals surface area contributed by atoms with E-state index in [1.807, 2.05) is 30.3 Å². The van der Waals surface area contributed by atoms with Crippen molar-refractivity contribution in [1.29, 1.82) is 0 Å². The van der Waals surface area contributed by atoms with Crippen molar-refractivity contribution in [2.45, 2.75) is 6.61 Å². The molecule has 0 aliphatic heterocycles. The minimum atomic E-state index is -0.492. The zero-order valence-electron chi connectivity index (χ0n) is 11.0. The third kappa shape index (κ3) is 3.34. The summed E-state index contributed by atoms with van der Waals surface area (Å²) in [5, 5.41) is 0. The average Bonchev–Trinajstić information content (AvgIpc) is 2.46. The number of hydrogen-bond acceptors (Lipinski definition) is 3. The second-order valence-electron chi connectivity index (χ2n) is 4.16. The number of carbonyl (C=O) groups is 1. The molecule has 0 saturated carbocycles. The quantitative estimate of drug-likeness (QED) is 0.837. The van der Waals surface area contributed by atoms with Gasteiger partial charge in [0.1, 0.15) is 0 Å². The Kier molecular flexibility index (Phi) is 4.69. The van der Waals surface area contributed by atoms with Crippen LogP contribution in [0, 0.1) is 0 Å². The fourth-order valence-corrected chi connectivity index (χ4v) is 2.37. The van der Waals surface area contributed by atoms with Gasteiger partial charge in [0, 0.05) is 0 Å². The summed E-state index contributed by atoms with van der Waals surface area (Å²) in [6, 6.07) is 13.1. The van der Waals surface area contributed by atoms with Gasteiger partial charge in [0.2, 0.25) is 0 Å². The van der Waals surface area contributed by atoms with Crippen molar-refractivity contribution in [3.63, 3.8) is 0 Å². The zero-order valence-corrected chi connectivity index (χ0v) is 12.9. The summed E-state index contributed by atoms with van der Waals surface area (Å²) < 4.78 is 11.7. The van der Waals surface area contributed by atoms with Crippen LogP contribution in [0.5, 0.6) is 11.5 Å². The van der Waals surface area contributed by atoms with E-state index >= 15 is 0 Å². The number of rotatable bonds is 5. The Hall–Kier alpha value is -1.93. The zero-order chi connectivity index (χ0) is 14.5. The Labute approximate surface area is 126 Å². The molecule has 2 N–H and O–H groups in total. The Morgan fingerprint density at radius 1 is 1.20 bits per heavy atom. The number of hydrogen-bond donors (Lipinski definition) is 1. The molecule has 2 aromatic rings. The van der Waals surface area contributed by atoms with Crippen molar-refractivity contribution in [2.75, 3.05) is 7.11 Å². The SMILES string of the molecule is COc1cc(C(N)=O)c([As])cc1OCc1ccccc1. The van der Waals surface area contributed by atoms with Crippen LogP contribution < -0.4 is 19.6 Å². The average molecular weight is 331 g/mol. The summed E-state index contributed by atoms with van der Waals surface area (Å²) in [5.74, 6) is 0.579. The summed E-state index contributed by atoms with van der Waals surface area (Å²) in [4.78, 5) is 11.3. The van der Waals surface area contributed by atoms with Gasteiger partial charge in [-0.25, -0.2) is 0 Å². The van der Waals surface area contributed by atoms with E-state index in [4.69, 9.17) is 15.2 Å². The van der Waals surface area contributed by atoms with E-state index in [1.54, 1.807) is 12.1 Å². The standard InChI is InChI=1S/C15H14AsNO3/c1-19-13-7-11(15(17)18)12(16)8-14(13)20-9-10-5-3-2-4-6-10/h2-8H,9H2,1H3,(H2,17,18). The minimum absolute atomic E-state index is 0.411. The molecule has 2 aromatic carbocycles. The molecule has 0 heterocycles. The molecule has 0 fully saturated rings. The first-order valence-electron chi connectivity index (χ1n) is 5.99. The number of benzene rings is 2. The molecule has 0 unspecified atom stereocenters. The number of amides is 1. The fourth-order valence-electron chi connectivity index (χ4n) is 1.75. The summed E-state index contributed by atoms with van der Waals surface area (Å²) in [7, 11) is 1.53. The number of carbonyl (C=O) groups excluding carboxylic acids is 1. The van der Waals surface area contributed by atoms with Crippen molar-refractivity contribution < 1.29 is 14.3 Å². The molecule has 20 heavy (non-hydrogen) atoms. The van der Waals surface area contributed by atoms with Gasteiger partial charge >= 0.3 is 126 Å². The monoisotopic (exact) mass is 331 g/mol. The first-order chi connectivity index (χ1) is 9.61. The van der Waals surface area contributed by atoms with E-state index < -0.39 is 5.91 Å². The van der Waals surface area contributed by atoms with Gasteiger partial charge in [0.05, 0.1) is 0 Å². The van der Waals surface area contributed by atoms with E-state index in [9.17, 15) is 4.79 Å². The maximum absolute atomic E-state index is 11.3. The van der Waals surface area contributed by atoms with E-state index in [2.05, 4.69) is 16.9 Å². The van der Waals surface area contributed by atoms with Gasteiger partial charge in [0.15, 0.2) is 0 Å². The molecule has 0 bridgehead atoms. The van der Waals surface area contributed by atoms with Crippen molar-refractivity contribution in [1.82, 2.24) is 0 Å². The van der Waals surface area contributed by atoms with E-state index in [0.29, 0.717) is 28.0 Å². The van der Waals surface area contributed by atoms with Gasteiger partial charge in [-0.05, 0) is 0 Å². The van der Waals surface area contributed by atoms with Gasteiger partial charge in [-0.1, -0.05) is 0 Å². The molecular weight excluding hydrogens is 317 g/mol. The maximum atomic E-state index is 11.3. The van der Waals surface area contributed by atoms with Crippen LogP contribution in [0.25, 0.3) is 0 Å². The molecule has 0 spiro atoms. The molecule has 2 radical (unpaired) electrons. The topological polar surface area (TPSA) is 61.5 Å². The first kappa shape index (κ1) is 14.5. The molecule has 0 aliphatic carbocycles. The molecule has 0 saturated heterocycles. The Morgan fingerprint density at radius 2 is 1.90 bits per heavy atom. The molecule has 0 aromatic heterocycles. The molecule has 102 valence electrons. The second kappa shape index (κ2) is 6.49. The normalized spacial score (nSPS) is 10.1. The van der Waals surface area contributed by atoms with Gasteiger partial charge in [-0.2, -0.15) is 0 Å². The third-order valence-electron chi connectivity index (χ3n) is 2.78. The van der Waals surface area contributed by atoms with E-state index in [-0.39, 0.29) is 0 Å². The summed E-state index contributed by atoms with van der Waals surface area (Å²) in [6.45, 7) is 0.430. The van der Waals surface area contributed by atoms with Crippen LogP contribution in [0.3, 0.4) is 0 Å². The summed E-state index contributed by atoms with van der Waals surface area (Å²) >= 11 is 2.31. The molecule has 5 heteroatoms. The van der Waals surface area contributed by atoms with Crippen molar-refractivity contribution in [3.8, 4) is 11.5 Å². The Bertz CT molecular complexity index is 614. The molecule has 2 rings (SSSR count). The van der Waals surface area contributed by atoms with Gasteiger partial charge in [0.25, 0.3) is 0 Å². The van der Waals surface area contributed by atoms with Gasteiger partial charge < -0.3 is 0 Å². The number of primary amides is 1. The van der Waals surface area contributed by atoms with Crippen molar-refractivity contribution in [2.24, 2.45) is 5.73 Å². The van der Waals surface area contributed by atoms with Crippen LogP contribution in [0.4, 0.5) is 0 Å². The second-order valence-corrected chi connectivity index (χ2v) is 5.17. The first-order valence-corrected chi connectivity index (χ1v) is 6.93. The molecule has 0 atom stereocenters. The number of nitrogens with two attached hydrogens (primary N) is 1. The van der Waals surface area contributed by atoms with Crippen LogP contribution in [0.15, 0.2) is 42.5 Å². The van der Waals surface area contributed by atoms with Crippen molar-refractivity contribution >= 4 is 27.1 Å². The summed E-state index contributed by atoms with van der Waals surface area (Å²) in [5.41, 5.74) is 6.78. The van der Waals surface area contributed by atoms with Crippen LogP contribution in [0.2, 0.25) is 0 Å². The van der Waals surface area contributed by atoms with Crippen LogP contribution >= 0.6 is 0 Å². The number of methoxy groups -OCH3 is 1. The third-order valence-corrected chi connectivity index (χ3v) is 3.56. The van der Waals surface area contributed by atoms with Crippen molar-refractivity contribution in [3.05, 3.63) is 53.6 Å². The summed E-state index contributed by atoms with van der Waals surface area (Å²) in [6.07, 6.45) is 0. The predicted octanol–water partition coefficient (Wildman–Crippen LogP) is 1.17. The van der Waals surface area contributed by atoms with E-state index in [1.165, 1.54) is 7.11 Å². The van der Waals surface area contributed by atoms with Crippen LogP contribution in [-0.2, 0) is 6.61 Å². The Balaban J connectivity index is 2.23. The molecular formula is C15H14AsNO3. The van der Waals surface area contributed by atoms with E-state index in [0.717, 1.165) is 5.56 Å². The van der Waals surface area contributed by atoms with Gasteiger partial charge in [-0.15, -0.1) is 0 Å². The Morgan fingerprint density at radius 3 is 2.50 bits per heavy atom. The molecule has 1 amide bonds. The van der Waals surface area contributed by atoms with Gasteiger partial charge in [-0.3, -0.25) is 0 Å². The molecule has 4 nitrogen and oxygen atoms in total. The number of ether oxygens (including phenoxy) is 2.